The summed E-state index contributed by atoms with van der Waals surface area (Å²) in [5, 5.41) is 3.93. The topological polar surface area (TPSA) is 57.8 Å². The van der Waals surface area contributed by atoms with E-state index in [1.165, 1.54) is 11.3 Å². The van der Waals surface area contributed by atoms with E-state index in [-0.39, 0.29) is 5.91 Å². The van der Waals surface area contributed by atoms with Gasteiger partial charge in [0.15, 0.2) is 3.95 Å². The van der Waals surface area contributed by atoms with E-state index in [0.717, 1.165) is 27.2 Å². The summed E-state index contributed by atoms with van der Waals surface area (Å²) in [5.41, 5.74) is 2.48. The Bertz CT molecular complexity index is 861. The third-order valence-corrected chi connectivity index (χ3v) is 4.49. The van der Waals surface area contributed by atoms with Crippen molar-refractivity contribution in [3.8, 4) is 0 Å². The van der Waals surface area contributed by atoms with E-state index in [9.17, 15) is 4.79 Å². The molecule has 0 unspecified atom stereocenters. The van der Waals surface area contributed by atoms with E-state index < -0.39 is 0 Å². The van der Waals surface area contributed by atoms with Crippen molar-refractivity contribution in [1.82, 2.24) is 9.97 Å². The van der Waals surface area contributed by atoms with E-state index in [4.69, 9.17) is 12.2 Å². The molecule has 2 heterocycles. The molecule has 2 N–H and O–H groups in total. The van der Waals surface area contributed by atoms with Crippen LogP contribution in [0, 0.1) is 10.9 Å². The molecule has 0 atom stereocenters. The molecule has 21 heavy (non-hydrogen) atoms. The van der Waals surface area contributed by atoms with Gasteiger partial charge in [0.1, 0.15) is 0 Å². The lowest BCUT2D eigenvalue weighted by atomic mass is 10.2. The Morgan fingerprint density at radius 2 is 2.19 bits per heavy atom. The summed E-state index contributed by atoms with van der Waals surface area (Å²) < 4.78 is 0.696. The minimum absolute atomic E-state index is 0.0681. The Kier molecular flexibility index (Phi) is 3.81. The Balaban J connectivity index is 1.83. The van der Waals surface area contributed by atoms with Crippen LogP contribution in [-0.2, 0) is 11.2 Å². The van der Waals surface area contributed by atoms with Gasteiger partial charge in [-0.1, -0.05) is 18.2 Å². The second kappa shape index (κ2) is 5.75. The van der Waals surface area contributed by atoms with Gasteiger partial charge in [0.05, 0.1) is 17.6 Å². The number of carbonyl (C=O) groups is 1. The second-order valence-electron chi connectivity index (χ2n) is 4.67. The highest BCUT2D eigenvalue weighted by Crippen LogP contribution is 2.21. The van der Waals surface area contributed by atoms with Gasteiger partial charge in [-0.25, -0.2) is 0 Å². The summed E-state index contributed by atoms with van der Waals surface area (Å²) in [5.74, 6) is -0.0681. The minimum atomic E-state index is -0.0681. The number of fused-ring (bicyclic) bond motifs is 1. The van der Waals surface area contributed by atoms with Crippen molar-refractivity contribution in [2.24, 2.45) is 0 Å². The number of carbonyl (C=O) groups excluding carboxylic acids is 1. The first kappa shape index (κ1) is 13.9. The number of pyridine rings is 1. The van der Waals surface area contributed by atoms with Crippen LogP contribution < -0.4 is 5.32 Å². The van der Waals surface area contributed by atoms with Crippen LogP contribution in [-0.4, -0.2) is 15.9 Å². The molecule has 2 aromatic heterocycles. The van der Waals surface area contributed by atoms with Crippen molar-refractivity contribution in [2.75, 3.05) is 5.32 Å². The number of benzene rings is 1. The molecule has 0 radical (unpaired) electrons. The summed E-state index contributed by atoms with van der Waals surface area (Å²) >= 11 is 6.53. The molecule has 1 amide bonds. The molecule has 0 saturated heterocycles. The first-order valence-electron chi connectivity index (χ1n) is 6.45. The van der Waals surface area contributed by atoms with Gasteiger partial charge >= 0.3 is 0 Å². The van der Waals surface area contributed by atoms with E-state index in [1.807, 2.05) is 37.3 Å². The molecule has 0 aliphatic heterocycles. The number of aryl methyl sites for hydroxylation is 1. The molecule has 0 saturated carbocycles. The standard InChI is InChI=1S/C15H13N3OS2/c1-9-12(21-15(20)17-9)8-13(19)18-11-6-2-4-10-5-3-7-16-14(10)11/h2-7H,8H2,1H3,(H,17,20)(H,18,19). The Morgan fingerprint density at radius 3 is 2.95 bits per heavy atom. The monoisotopic (exact) mass is 315 g/mol. The molecular formula is C15H13N3OS2. The number of para-hydroxylation sites is 1. The Hall–Kier alpha value is -2.05. The van der Waals surface area contributed by atoms with E-state index in [2.05, 4.69) is 15.3 Å². The van der Waals surface area contributed by atoms with Crippen molar-refractivity contribution in [3.05, 3.63) is 51.1 Å². The van der Waals surface area contributed by atoms with Crippen LogP contribution in [0.5, 0.6) is 0 Å². The SMILES string of the molecule is Cc1[nH]c(=S)sc1CC(=O)Nc1cccc2cccnc12. The van der Waals surface area contributed by atoms with E-state index >= 15 is 0 Å². The van der Waals surface area contributed by atoms with Gasteiger partial charge in [-0.3, -0.25) is 9.78 Å². The molecule has 6 heteroatoms. The minimum Gasteiger partial charge on any atom is -0.341 e. The molecule has 1 aromatic carbocycles. The van der Waals surface area contributed by atoms with Crippen LogP contribution in [0.15, 0.2) is 36.5 Å². The predicted octanol–water partition coefficient (Wildman–Crippen LogP) is 3.84. The zero-order chi connectivity index (χ0) is 14.8. The molecule has 0 spiro atoms. The highest BCUT2D eigenvalue weighted by Gasteiger charge is 2.10. The number of thiazole rings is 1. The summed E-state index contributed by atoms with van der Waals surface area (Å²) in [6, 6.07) is 9.59. The predicted molar refractivity (Wildman–Crippen MR) is 88.3 cm³/mol. The second-order valence-corrected chi connectivity index (χ2v) is 6.44. The number of H-pyrrole nitrogens is 1. The lowest BCUT2D eigenvalue weighted by Gasteiger charge is -2.07. The molecule has 3 rings (SSSR count). The molecule has 0 aliphatic carbocycles. The summed E-state index contributed by atoms with van der Waals surface area (Å²) in [4.78, 5) is 20.5. The van der Waals surface area contributed by atoms with Crippen LogP contribution in [0.25, 0.3) is 10.9 Å². The van der Waals surface area contributed by atoms with Crippen LogP contribution >= 0.6 is 23.6 Å². The fourth-order valence-corrected chi connectivity index (χ4v) is 3.44. The maximum atomic E-state index is 12.2. The third-order valence-electron chi connectivity index (χ3n) is 3.15. The highest BCUT2D eigenvalue weighted by atomic mass is 32.1. The third kappa shape index (κ3) is 3.01. The number of amides is 1. The maximum absolute atomic E-state index is 12.2. The zero-order valence-corrected chi connectivity index (χ0v) is 13.0. The average molecular weight is 315 g/mol. The van der Waals surface area contributed by atoms with Gasteiger partial charge in [-0.05, 0) is 31.3 Å². The number of hydrogen-bond donors (Lipinski definition) is 2. The van der Waals surface area contributed by atoms with Gasteiger partial charge in [0.25, 0.3) is 0 Å². The fraction of sp³-hybridized carbons (Fsp3) is 0.133. The molecular weight excluding hydrogens is 302 g/mol. The van der Waals surface area contributed by atoms with Crippen LogP contribution in [0.4, 0.5) is 5.69 Å². The number of nitrogens with one attached hydrogen (secondary N) is 2. The van der Waals surface area contributed by atoms with Crippen molar-refractivity contribution < 1.29 is 4.79 Å². The van der Waals surface area contributed by atoms with Crippen LogP contribution in [0.3, 0.4) is 0 Å². The number of nitrogens with zero attached hydrogens (tertiary/aromatic N) is 1. The number of aromatic amines is 1. The Morgan fingerprint density at radius 1 is 1.38 bits per heavy atom. The number of anilines is 1. The smallest absolute Gasteiger partial charge is 0.229 e. The molecule has 0 bridgehead atoms. The molecule has 106 valence electrons. The van der Waals surface area contributed by atoms with Crippen molar-refractivity contribution >= 4 is 46.1 Å². The highest BCUT2D eigenvalue weighted by molar-refractivity contribution is 7.73. The van der Waals surface area contributed by atoms with Crippen LogP contribution in [0.1, 0.15) is 10.6 Å². The van der Waals surface area contributed by atoms with Gasteiger partial charge in [0, 0.05) is 22.2 Å². The normalized spacial score (nSPS) is 10.7. The molecule has 0 fully saturated rings. The first-order chi connectivity index (χ1) is 10.1. The average Bonchev–Trinajstić information content (AvgIpc) is 2.77. The summed E-state index contributed by atoms with van der Waals surface area (Å²) in [6.45, 7) is 1.92. The van der Waals surface area contributed by atoms with Crippen LogP contribution in [0.2, 0.25) is 0 Å². The zero-order valence-electron chi connectivity index (χ0n) is 11.3. The molecule has 0 aliphatic rings. The van der Waals surface area contributed by atoms with Crippen molar-refractivity contribution in [1.29, 1.82) is 0 Å². The largest absolute Gasteiger partial charge is 0.341 e. The maximum Gasteiger partial charge on any atom is 0.229 e. The number of rotatable bonds is 3. The number of hydrogen-bond acceptors (Lipinski definition) is 4. The lowest BCUT2D eigenvalue weighted by molar-refractivity contribution is -0.115. The van der Waals surface area contributed by atoms with E-state index in [0.29, 0.717) is 10.4 Å². The van der Waals surface area contributed by atoms with Gasteiger partial charge in [0.2, 0.25) is 5.91 Å². The molecule has 3 aromatic rings. The van der Waals surface area contributed by atoms with Gasteiger partial charge in [-0.15, -0.1) is 11.3 Å². The van der Waals surface area contributed by atoms with Gasteiger partial charge in [-0.2, -0.15) is 0 Å². The van der Waals surface area contributed by atoms with Gasteiger partial charge < -0.3 is 10.3 Å². The Labute approximate surface area is 130 Å². The lowest BCUT2D eigenvalue weighted by Crippen LogP contribution is -2.14. The molecule has 4 nitrogen and oxygen atoms in total. The summed E-state index contributed by atoms with van der Waals surface area (Å²) in [6.07, 6.45) is 2.03. The summed E-state index contributed by atoms with van der Waals surface area (Å²) in [7, 11) is 0. The fourth-order valence-electron chi connectivity index (χ4n) is 2.15. The van der Waals surface area contributed by atoms with Crippen molar-refractivity contribution in [3.63, 3.8) is 0 Å². The van der Waals surface area contributed by atoms with E-state index in [1.54, 1.807) is 6.20 Å². The quantitative estimate of drug-likeness (QED) is 0.722. The first-order valence-corrected chi connectivity index (χ1v) is 7.68. The van der Waals surface area contributed by atoms with Crippen molar-refractivity contribution in [2.45, 2.75) is 13.3 Å². The number of aromatic nitrogens is 2.